The minimum absolute atomic E-state index is 0.192. The summed E-state index contributed by atoms with van der Waals surface area (Å²) in [5, 5.41) is 12.6. The molecule has 0 aliphatic rings. The van der Waals surface area contributed by atoms with E-state index in [4.69, 9.17) is 4.74 Å². The van der Waals surface area contributed by atoms with E-state index in [1.54, 1.807) is 37.0 Å². The summed E-state index contributed by atoms with van der Waals surface area (Å²) in [4.78, 5) is 29.4. The second kappa shape index (κ2) is 7.25. The summed E-state index contributed by atoms with van der Waals surface area (Å²) in [6.07, 6.45) is 4.45. The van der Waals surface area contributed by atoms with Gasteiger partial charge in [-0.3, -0.25) is 10.1 Å². The molecule has 10 nitrogen and oxygen atoms in total. The molecular formula is C16H12N8O2S. The second-order valence-corrected chi connectivity index (χ2v) is 6.00. The maximum atomic E-state index is 12.6. The molecule has 0 saturated carbocycles. The summed E-state index contributed by atoms with van der Waals surface area (Å²) >= 11 is 1.28. The highest BCUT2D eigenvalue weighted by atomic mass is 32.1. The molecule has 0 aromatic carbocycles. The van der Waals surface area contributed by atoms with E-state index in [2.05, 4.69) is 35.6 Å². The third kappa shape index (κ3) is 3.48. The van der Waals surface area contributed by atoms with E-state index in [9.17, 15) is 4.79 Å². The van der Waals surface area contributed by atoms with Crippen molar-refractivity contribution in [3.05, 3.63) is 53.9 Å². The van der Waals surface area contributed by atoms with Crippen LogP contribution in [0.5, 0.6) is 5.88 Å². The van der Waals surface area contributed by atoms with Gasteiger partial charge in [0.15, 0.2) is 10.8 Å². The molecule has 0 fully saturated rings. The van der Waals surface area contributed by atoms with Crippen LogP contribution in [-0.4, -0.2) is 47.9 Å². The van der Waals surface area contributed by atoms with Gasteiger partial charge in [-0.25, -0.2) is 19.9 Å². The minimum Gasteiger partial charge on any atom is -0.481 e. The molecule has 0 aliphatic heterocycles. The van der Waals surface area contributed by atoms with Gasteiger partial charge in [-0.15, -0.1) is 16.4 Å². The molecule has 4 aromatic heterocycles. The number of aromatic nitrogens is 7. The largest absolute Gasteiger partial charge is 0.481 e. The molecule has 0 saturated heterocycles. The third-order valence-corrected chi connectivity index (χ3v) is 4.20. The van der Waals surface area contributed by atoms with Crippen molar-refractivity contribution in [2.75, 3.05) is 12.4 Å². The van der Waals surface area contributed by atoms with E-state index in [0.29, 0.717) is 22.4 Å². The van der Waals surface area contributed by atoms with Gasteiger partial charge in [-0.1, -0.05) is 11.3 Å². The molecule has 0 spiro atoms. The van der Waals surface area contributed by atoms with Crippen molar-refractivity contribution in [2.24, 2.45) is 0 Å². The number of anilines is 1. The van der Waals surface area contributed by atoms with Crippen LogP contribution in [-0.2, 0) is 0 Å². The fourth-order valence-electron chi connectivity index (χ4n) is 2.22. The molecule has 0 aliphatic carbocycles. The number of rotatable bonds is 5. The van der Waals surface area contributed by atoms with Gasteiger partial charge >= 0.3 is 0 Å². The zero-order valence-electron chi connectivity index (χ0n) is 14.0. The lowest BCUT2D eigenvalue weighted by Gasteiger charge is -2.03. The zero-order valence-corrected chi connectivity index (χ0v) is 14.8. The lowest BCUT2D eigenvalue weighted by Crippen LogP contribution is -2.18. The van der Waals surface area contributed by atoms with Crippen LogP contribution in [0.4, 0.5) is 5.13 Å². The first-order chi connectivity index (χ1) is 13.2. The topological polar surface area (TPSA) is 121 Å². The predicted molar refractivity (Wildman–Crippen MR) is 96.8 cm³/mol. The molecule has 11 heteroatoms. The molecular weight excluding hydrogens is 368 g/mol. The van der Waals surface area contributed by atoms with Crippen LogP contribution in [0.25, 0.3) is 17.3 Å². The van der Waals surface area contributed by atoms with Crippen LogP contribution in [0.2, 0.25) is 0 Å². The molecule has 4 heterocycles. The van der Waals surface area contributed by atoms with Gasteiger partial charge in [0.25, 0.3) is 11.9 Å². The lowest BCUT2D eigenvalue weighted by atomic mass is 10.3. The molecule has 0 atom stereocenters. The van der Waals surface area contributed by atoms with Crippen LogP contribution in [0.1, 0.15) is 10.5 Å². The number of pyridine rings is 1. The summed E-state index contributed by atoms with van der Waals surface area (Å²) in [7, 11) is 1.55. The Morgan fingerprint density at radius 3 is 2.81 bits per heavy atom. The number of carbonyl (C=O) groups excluding carboxylic acids is 1. The highest BCUT2D eigenvalue weighted by Crippen LogP contribution is 2.25. The maximum Gasteiger partial charge on any atom is 0.277 e. The predicted octanol–water partition coefficient (Wildman–Crippen LogP) is 1.84. The third-order valence-electron chi connectivity index (χ3n) is 3.44. The van der Waals surface area contributed by atoms with Gasteiger partial charge in [0, 0.05) is 23.8 Å². The molecule has 0 unspecified atom stereocenters. The number of nitrogens with one attached hydrogen (secondary N) is 1. The Bertz CT molecular complexity index is 1080. The van der Waals surface area contributed by atoms with Crippen LogP contribution < -0.4 is 10.1 Å². The van der Waals surface area contributed by atoms with Crippen molar-refractivity contribution in [1.82, 2.24) is 34.9 Å². The number of amides is 1. The molecule has 27 heavy (non-hydrogen) atoms. The number of carbonyl (C=O) groups is 1. The second-order valence-electron chi connectivity index (χ2n) is 5.14. The van der Waals surface area contributed by atoms with Crippen LogP contribution in [0.15, 0.2) is 48.2 Å². The molecule has 4 aromatic rings. The Morgan fingerprint density at radius 2 is 2.00 bits per heavy atom. The monoisotopic (exact) mass is 380 g/mol. The van der Waals surface area contributed by atoms with E-state index in [1.165, 1.54) is 22.2 Å². The fraction of sp³-hybridized carbons (Fsp3) is 0.0625. The molecule has 134 valence electrons. The Hall–Kier alpha value is -3.73. The standard InChI is InChI=1S/C16H12N8O2S/c1-26-13-5-2-4-10(20-13)11-9-27-16(21-11)22-14(25)12-8-19-23-24(12)15-17-6-3-7-18-15/h2-9H,1H3,(H,21,22,25). The van der Waals surface area contributed by atoms with Gasteiger partial charge in [-0.05, 0) is 12.1 Å². The summed E-state index contributed by atoms with van der Waals surface area (Å²) in [5.74, 6) is 0.316. The first-order valence-corrected chi connectivity index (χ1v) is 8.59. The van der Waals surface area contributed by atoms with E-state index < -0.39 is 5.91 Å². The molecule has 1 amide bonds. The highest BCUT2D eigenvalue weighted by Gasteiger charge is 2.18. The van der Waals surface area contributed by atoms with Gasteiger partial charge < -0.3 is 4.74 Å². The molecule has 4 rings (SSSR count). The van der Waals surface area contributed by atoms with Crippen LogP contribution in [0, 0.1) is 0 Å². The Kier molecular flexibility index (Phi) is 4.49. The van der Waals surface area contributed by atoms with E-state index in [-0.39, 0.29) is 11.6 Å². The minimum atomic E-state index is -0.424. The van der Waals surface area contributed by atoms with Crippen molar-refractivity contribution in [3.63, 3.8) is 0 Å². The summed E-state index contributed by atoms with van der Waals surface area (Å²) in [6, 6.07) is 7.06. The fourth-order valence-corrected chi connectivity index (χ4v) is 2.92. The zero-order chi connectivity index (χ0) is 18.6. The van der Waals surface area contributed by atoms with Crippen molar-refractivity contribution < 1.29 is 9.53 Å². The van der Waals surface area contributed by atoms with Crippen molar-refractivity contribution in [3.8, 4) is 23.2 Å². The summed E-state index contributed by atoms with van der Waals surface area (Å²) in [6.45, 7) is 0. The first-order valence-electron chi connectivity index (χ1n) is 7.71. The number of methoxy groups -OCH3 is 1. The number of nitrogens with zero attached hydrogens (tertiary/aromatic N) is 7. The lowest BCUT2D eigenvalue weighted by molar-refractivity contribution is 0.101. The van der Waals surface area contributed by atoms with Gasteiger partial charge in [0.2, 0.25) is 5.88 Å². The Morgan fingerprint density at radius 1 is 1.15 bits per heavy atom. The number of ether oxygens (including phenoxy) is 1. The number of hydrogen-bond donors (Lipinski definition) is 1. The average molecular weight is 380 g/mol. The SMILES string of the molecule is COc1cccc(-c2csc(NC(=O)c3cnnn3-c3ncccn3)n2)n1. The van der Waals surface area contributed by atoms with E-state index >= 15 is 0 Å². The van der Waals surface area contributed by atoms with Gasteiger partial charge in [0.05, 0.1) is 19.0 Å². The Balaban J connectivity index is 1.55. The molecule has 0 radical (unpaired) electrons. The average Bonchev–Trinajstić information content (AvgIpc) is 3.38. The summed E-state index contributed by atoms with van der Waals surface area (Å²) in [5.41, 5.74) is 1.47. The van der Waals surface area contributed by atoms with Crippen molar-refractivity contribution in [1.29, 1.82) is 0 Å². The number of thiazole rings is 1. The smallest absolute Gasteiger partial charge is 0.277 e. The van der Waals surface area contributed by atoms with Crippen LogP contribution >= 0.6 is 11.3 Å². The van der Waals surface area contributed by atoms with Gasteiger partial charge in [-0.2, -0.15) is 4.68 Å². The van der Waals surface area contributed by atoms with E-state index in [1.807, 2.05) is 12.1 Å². The maximum absolute atomic E-state index is 12.6. The Labute approximate surface area is 156 Å². The van der Waals surface area contributed by atoms with Gasteiger partial charge in [0.1, 0.15) is 5.69 Å². The summed E-state index contributed by atoms with van der Waals surface area (Å²) < 4.78 is 6.38. The first kappa shape index (κ1) is 16.7. The highest BCUT2D eigenvalue weighted by molar-refractivity contribution is 7.14. The van der Waals surface area contributed by atoms with E-state index in [0.717, 1.165) is 0 Å². The molecule has 1 N–H and O–H groups in total. The van der Waals surface area contributed by atoms with Crippen LogP contribution in [0.3, 0.4) is 0 Å². The number of hydrogen-bond acceptors (Lipinski definition) is 9. The normalized spacial score (nSPS) is 10.6. The quantitative estimate of drug-likeness (QED) is 0.557. The van der Waals surface area contributed by atoms with Crippen molar-refractivity contribution in [2.45, 2.75) is 0 Å². The molecule has 0 bridgehead atoms. The van der Waals surface area contributed by atoms with Crippen molar-refractivity contribution >= 4 is 22.4 Å².